The summed E-state index contributed by atoms with van der Waals surface area (Å²) in [7, 11) is 1.21. The molecule has 104 valence electrons. The second-order valence-electron chi connectivity index (χ2n) is 3.93. The maximum atomic E-state index is 11.9. The molecule has 0 radical (unpaired) electrons. The number of amides is 1. The van der Waals surface area contributed by atoms with E-state index in [9.17, 15) is 9.59 Å². The summed E-state index contributed by atoms with van der Waals surface area (Å²) in [4.78, 5) is 23.7. The highest BCUT2D eigenvalue weighted by Gasteiger charge is 2.42. The number of hydrogen-bond donors (Lipinski definition) is 1. The molecule has 4 nitrogen and oxygen atoms in total. The lowest BCUT2D eigenvalue weighted by atomic mass is 9.92. The van der Waals surface area contributed by atoms with Gasteiger partial charge in [-0.15, -0.1) is 0 Å². The lowest BCUT2D eigenvalue weighted by molar-refractivity contribution is -0.150. The molecule has 0 aliphatic rings. The summed E-state index contributed by atoms with van der Waals surface area (Å²) in [6.45, 7) is 1.47. The molecule has 19 heavy (non-hydrogen) atoms. The molecule has 1 rings (SSSR count). The number of benzene rings is 1. The number of carbonyl (C=O) groups is 2. The highest BCUT2D eigenvalue weighted by molar-refractivity contribution is 6.76. The fourth-order valence-electron chi connectivity index (χ4n) is 1.51. The Bertz CT molecular complexity index is 473. The van der Waals surface area contributed by atoms with Crippen LogP contribution >= 0.6 is 34.8 Å². The highest BCUT2D eigenvalue weighted by Crippen LogP contribution is 2.29. The molecule has 1 amide bonds. The maximum absolute atomic E-state index is 11.9. The number of halogens is 3. The molecule has 0 fully saturated rings. The van der Waals surface area contributed by atoms with Gasteiger partial charge < -0.3 is 10.1 Å². The highest BCUT2D eigenvalue weighted by atomic mass is 35.6. The Hall–Kier alpha value is -0.970. The predicted molar refractivity (Wildman–Crippen MR) is 74.2 cm³/mol. The van der Waals surface area contributed by atoms with Crippen LogP contribution in [0.3, 0.4) is 0 Å². The number of alkyl halides is 3. The van der Waals surface area contributed by atoms with Crippen molar-refractivity contribution < 1.29 is 14.3 Å². The zero-order chi connectivity index (χ0) is 14.7. The fourth-order valence-corrected chi connectivity index (χ4v) is 1.66. The second kappa shape index (κ2) is 5.99. The zero-order valence-electron chi connectivity index (χ0n) is 10.2. The molecule has 1 atom stereocenters. The number of carbonyl (C=O) groups excluding carboxylic acids is 2. The smallest absolute Gasteiger partial charge is 0.336 e. The van der Waals surface area contributed by atoms with Crippen LogP contribution in [-0.2, 0) is 19.9 Å². The van der Waals surface area contributed by atoms with Crippen molar-refractivity contribution in [2.24, 2.45) is 0 Å². The van der Waals surface area contributed by atoms with Gasteiger partial charge in [0.1, 0.15) is 0 Å². The minimum atomic E-state index is -2.16. The van der Waals surface area contributed by atoms with Crippen LogP contribution in [0.4, 0.5) is 0 Å². The van der Waals surface area contributed by atoms with Crippen molar-refractivity contribution in [3.63, 3.8) is 0 Å². The van der Waals surface area contributed by atoms with Gasteiger partial charge in [0.2, 0.25) is 0 Å². The van der Waals surface area contributed by atoms with Gasteiger partial charge in [-0.2, -0.15) is 0 Å². The summed E-state index contributed by atoms with van der Waals surface area (Å²) >= 11 is 16.5. The van der Waals surface area contributed by atoms with E-state index >= 15 is 0 Å². The van der Waals surface area contributed by atoms with E-state index in [4.69, 9.17) is 39.5 Å². The summed E-state index contributed by atoms with van der Waals surface area (Å²) < 4.78 is 2.54. The zero-order valence-corrected chi connectivity index (χ0v) is 12.5. The van der Waals surface area contributed by atoms with E-state index in [-0.39, 0.29) is 0 Å². The summed E-state index contributed by atoms with van der Waals surface area (Å²) in [5, 5.41) is 2.39. The van der Waals surface area contributed by atoms with Gasteiger partial charge in [-0.05, 0) is 12.5 Å². The Morgan fingerprint density at radius 2 is 1.68 bits per heavy atom. The van der Waals surface area contributed by atoms with Crippen LogP contribution in [0, 0.1) is 0 Å². The van der Waals surface area contributed by atoms with E-state index in [0.29, 0.717) is 5.56 Å². The summed E-state index contributed by atoms with van der Waals surface area (Å²) in [5.41, 5.74) is -0.916. The predicted octanol–water partition coefficient (Wildman–Crippen LogP) is 2.56. The summed E-state index contributed by atoms with van der Waals surface area (Å²) in [6, 6.07) is 8.54. The SMILES string of the molecule is COC(=O)[C@](C)(NC(=O)C(Cl)(Cl)Cl)c1ccccc1. The van der Waals surface area contributed by atoms with E-state index < -0.39 is 21.2 Å². The first-order valence-corrected chi connectivity index (χ1v) is 6.38. The van der Waals surface area contributed by atoms with Crippen LogP contribution in [0.2, 0.25) is 0 Å². The summed E-state index contributed by atoms with van der Waals surface area (Å²) in [6.07, 6.45) is 0. The second-order valence-corrected chi connectivity index (χ2v) is 6.22. The average molecular weight is 325 g/mol. The van der Waals surface area contributed by atoms with E-state index in [0.717, 1.165) is 0 Å². The molecule has 7 heteroatoms. The minimum Gasteiger partial charge on any atom is -0.467 e. The monoisotopic (exact) mass is 323 g/mol. The van der Waals surface area contributed by atoms with Gasteiger partial charge in [-0.25, -0.2) is 4.79 Å². The normalized spacial score (nSPS) is 14.4. The maximum Gasteiger partial charge on any atom is 0.336 e. The molecule has 1 N–H and O–H groups in total. The fraction of sp³-hybridized carbons (Fsp3) is 0.333. The molecule has 0 aliphatic heterocycles. The van der Waals surface area contributed by atoms with Crippen LogP contribution in [0.25, 0.3) is 0 Å². The lowest BCUT2D eigenvalue weighted by Crippen LogP contribution is -2.53. The largest absolute Gasteiger partial charge is 0.467 e. The molecule has 0 bridgehead atoms. The topological polar surface area (TPSA) is 55.4 Å². The van der Waals surface area contributed by atoms with Crippen LogP contribution in [0.15, 0.2) is 30.3 Å². The van der Waals surface area contributed by atoms with Gasteiger partial charge in [0.25, 0.3) is 9.70 Å². The molecule has 0 spiro atoms. The first kappa shape index (κ1) is 16.1. The minimum absolute atomic E-state index is 0.518. The number of rotatable bonds is 3. The van der Waals surface area contributed by atoms with Gasteiger partial charge in [-0.1, -0.05) is 65.1 Å². The Morgan fingerprint density at radius 1 is 1.16 bits per heavy atom. The Kier molecular flexibility index (Phi) is 5.07. The third-order valence-corrected chi connectivity index (χ3v) is 3.08. The van der Waals surface area contributed by atoms with Gasteiger partial charge in [-0.3, -0.25) is 4.79 Å². The van der Waals surface area contributed by atoms with E-state index in [2.05, 4.69) is 5.32 Å². The summed E-state index contributed by atoms with van der Waals surface area (Å²) in [5.74, 6) is -1.57. The van der Waals surface area contributed by atoms with Gasteiger partial charge in [0.15, 0.2) is 5.54 Å². The standard InChI is InChI=1S/C12H12Cl3NO3/c1-11(10(18)19-2,8-6-4-3-5-7-8)16-9(17)12(13,14)15/h3-7H,1-2H3,(H,16,17)/t11-/m1/s1. The number of ether oxygens (including phenoxy) is 1. The Balaban J connectivity index is 3.16. The van der Waals surface area contributed by atoms with Crippen LogP contribution in [-0.4, -0.2) is 22.8 Å². The number of hydrogen-bond acceptors (Lipinski definition) is 3. The molecule has 1 aromatic rings. The number of methoxy groups -OCH3 is 1. The van der Waals surface area contributed by atoms with Crippen molar-refractivity contribution in [3.8, 4) is 0 Å². The van der Waals surface area contributed by atoms with E-state index in [1.54, 1.807) is 30.3 Å². The van der Waals surface area contributed by atoms with Gasteiger partial charge >= 0.3 is 5.97 Å². The van der Waals surface area contributed by atoms with E-state index in [1.807, 2.05) is 0 Å². The van der Waals surface area contributed by atoms with E-state index in [1.165, 1.54) is 14.0 Å². The molecule has 0 heterocycles. The molecule has 0 saturated carbocycles. The molecule has 0 unspecified atom stereocenters. The van der Waals surface area contributed by atoms with Crippen molar-refractivity contribution in [1.29, 1.82) is 0 Å². The van der Waals surface area contributed by atoms with Crippen LogP contribution < -0.4 is 5.32 Å². The first-order valence-electron chi connectivity index (χ1n) is 5.25. The van der Waals surface area contributed by atoms with Crippen molar-refractivity contribution in [3.05, 3.63) is 35.9 Å². The Morgan fingerprint density at radius 3 is 2.11 bits per heavy atom. The Labute approximate surface area is 126 Å². The van der Waals surface area contributed by atoms with Crippen LogP contribution in [0.1, 0.15) is 12.5 Å². The van der Waals surface area contributed by atoms with Crippen LogP contribution in [0.5, 0.6) is 0 Å². The quantitative estimate of drug-likeness (QED) is 0.687. The lowest BCUT2D eigenvalue weighted by Gasteiger charge is -2.29. The third-order valence-electron chi connectivity index (χ3n) is 2.57. The molecular formula is C12H12Cl3NO3. The number of esters is 1. The average Bonchev–Trinajstić information content (AvgIpc) is 2.37. The third kappa shape index (κ3) is 3.75. The van der Waals surface area contributed by atoms with Crippen molar-refractivity contribution >= 4 is 46.7 Å². The van der Waals surface area contributed by atoms with Gasteiger partial charge in [0.05, 0.1) is 7.11 Å². The van der Waals surface area contributed by atoms with Crippen molar-refractivity contribution in [2.45, 2.75) is 16.3 Å². The van der Waals surface area contributed by atoms with Gasteiger partial charge in [0, 0.05) is 0 Å². The number of nitrogens with one attached hydrogen (secondary N) is 1. The van der Waals surface area contributed by atoms with Crippen molar-refractivity contribution in [2.75, 3.05) is 7.11 Å². The molecule has 0 aliphatic carbocycles. The first-order chi connectivity index (χ1) is 8.71. The molecule has 1 aromatic carbocycles. The van der Waals surface area contributed by atoms with Crippen molar-refractivity contribution in [1.82, 2.24) is 5.32 Å². The molecule has 0 saturated heterocycles. The molecule has 0 aromatic heterocycles. The molecular weight excluding hydrogens is 312 g/mol.